The fourth-order valence-electron chi connectivity index (χ4n) is 2.18. The monoisotopic (exact) mass is 386 g/mol. The molecule has 2 amide bonds. The fourth-order valence-corrected chi connectivity index (χ4v) is 2.18. The van der Waals surface area contributed by atoms with E-state index in [-0.39, 0.29) is 12.2 Å². The second-order valence-electron chi connectivity index (χ2n) is 5.40. The number of nitro benzene ring substituents is 1. The molecule has 2 N–H and O–H groups in total. The van der Waals surface area contributed by atoms with E-state index in [2.05, 4.69) is 15.8 Å². The molecule has 0 atom stereocenters. The van der Waals surface area contributed by atoms with Crippen molar-refractivity contribution >= 4 is 23.7 Å². The first-order valence-electron chi connectivity index (χ1n) is 8.01. The standard InChI is InChI=1S/C18H18N4O6/c1-27-15-7-6-13(9-16(15)28-2)18(24)19-11-17(23)21-20-10-12-4-3-5-14(8-12)22(25)26/h3-10H,11H2,1-2H3,(H,19,24)(H,21,23)/b20-10-. The number of hydrogen-bond donors (Lipinski definition) is 2. The van der Waals surface area contributed by atoms with Crippen molar-refractivity contribution in [1.29, 1.82) is 0 Å². The Bertz CT molecular complexity index is 913. The summed E-state index contributed by atoms with van der Waals surface area (Å²) >= 11 is 0. The van der Waals surface area contributed by atoms with Crippen LogP contribution >= 0.6 is 0 Å². The summed E-state index contributed by atoms with van der Waals surface area (Å²) < 4.78 is 10.2. The third-order valence-corrected chi connectivity index (χ3v) is 3.54. The summed E-state index contributed by atoms with van der Waals surface area (Å²) in [6.45, 7) is -0.306. The molecule has 146 valence electrons. The highest BCUT2D eigenvalue weighted by molar-refractivity contribution is 5.97. The van der Waals surface area contributed by atoms with Crippen LogP contribution in [0.3, 0.4) is 0 Å². The molecule has 0 bridgehead atoms. The Labute approximate surface area is 160 Å². The minimum absolute atomic E-state index is 0.0857. The number of ether oxygens (including phenoxy) is 2. The van der Waals surface area contributed by atoms with E-state index in [1.165, 1.54) is 50.8 Å². The molecule has 10 nitrogen and oxygen atoms in total. The lowest BCUT2D eigenvalue weighted by atomic mass is 10.2. The number of carbonyl (C=O) groups excluding carboxylic acids is 2. The first-order valence-corrected chi connectivity index (χ1v) is 8.01. The zero-order valence-corrected chi connectivity index (χ0v) is 15.2. The van der Waals surface area contributed by atoms with E-state index in [0.717, 1.165) is 0 Å². The van der Waals surface area contributed by atoms with Gasteiger partial charge in [-0.2, -0.15) is 5.10 Å². The minimum atomic E-state index is -0.560. The Kier molecular flexibility index (Phi) is 7.03. The van der Waals surface area contributed by atoms with Gasteiger partial charge < -0.3 is 14.8 Å². The zero-order chi connectivity index (χ0) is 20.5. The maximum absolute atomic E-state index is 12.1. The topological polar surface area (TPSA) is 132 Å². The molecule has 2 aromatic rings. The number of nitro groups is 1. The summed E-state index contributed by atoms with van der Waals surface area (Å²) in [7, 11) is 2.93. The van der Waals surface area contributed by atoms with Crippen LogP contribution in [0.25, 0.3) is 0 Å². The van der Waals surface area contributed by atoms with E-state index >= 15 is 0 Å². The van der Waals surface area contributed by atoms with E-state index in [1.807, 2.05) is 0 Å². The van der Waals surface area contributed by atoms with Gasteiger partial charge in [-0.3, -0.25) is 19.7 Å². The molecular weight excluding hydrogens is 368 g/mol. The van der Waals surface area contributed by atoms with E-state index in [0.29, 0.717) is 22.6 Å². The van der Waals surface area contributed by atoms with Crippen molar-refractivity contribution in [2.24, 2.45) is 5.10 Å². The Balaban J connectivity index is 1.87. The Morgan fingerprint density at radius 1 is 1.14 bits per heavy atom. The summed E-state index contributed by atoms with van der Waals surface area (Å²) in [4.78, 5) is 34.1. The molecule has 0 aliphatic rings. The number of carbonyl (C=O) groups is 2. The number of amides is 2. The van der Waals surface area contributed by atoms with Crippen LogP contribution in [0.5, 0.6) is 11.5 Å². The van der Waals surface area contributed by atoms with Gasteiger partial charge in [0.15, 0.2) is 11.5 Å². The van der Waals surface area contributed by atoms with Crippen molar-refractivity contribution in [3.8, 4) is 11.5 Å². The number of hydrogen-bond acceptors (Lipinski definition) is 7. The Morgan fingerprint density at radius 2 is 1.89 bits per heavy atom. The van der Waals surface area contributed by atoms with Gasteiger partial charge in [-0.1, -0.05) is 12.1 Å². The zero-order valence-electron chi connectivity index (χ0n) is 15.2. The third kappa shape index (κ3) is 5.53. The van der Waals surface area contributed by atoms with Crippen molar-refractivity contribution in [1.82, 2.24) is 10.7 Å². The first kappa shape index (κ1) is 20.4. The van der Waals surface area contributed by atoms with Crippen molar-refractivity contribution in [3.05, 3.63) is 63.7 Å². The lowest BCUT2D eigenvalue weighted by Gasteiger charge is -2.09. The molecule has 0 radical (unpaired) electrons. The molecule has 0 saturated carbocycles. The van der Waals surface area contributed by atoms with Gasteiger partial charge in [-0.05, 0) is 18.2 Å². The number of rotatable bonds is 8. The predicted octanol–water partition coefficient (Wildman–Crippen LogP) is 1.49. The molecule has 0 heterocycles. The van der Waals surface area contributed by atoms with Crippen molar-refractivity contribution in [3.63, 3.8) is 0 Å². The molecule has 0 aromatic heterocycles. The fraction of sp³-hybridized carbons (Fsp3) is 0.167. The molecule has 0 aliphatic heterocycles. The van der Waals surface area contributed by atoms with Crippen LogP contribution in [0.1, 0.15) is 15.9 Å². The molecule has 2 aromatic carbocycles. The normalized spacial score (nSPS) is 10.4. The maximum atomic E-state index is 12.1. The van der Waals surface area contributed by atoms with Gasteiger partial charge in [0.05, 0.1) is 31.9 Å². The molecule has 0 fully saturated rings. The first-order chi connectivity index (χ1) is 13.4. The lowest BCUT2D eigenvalue weighted by Crippen LogP contribution is -2.34. The highest BCUT2D eigenvalue weighted by Gasteiger charge is 2.11. The lowest BCUT2D eigenvalue weighted by molar-refractivity contribution is -0.384. The van der Waals surface area contributed by atoms with Gasteiger partial charge >= 0.3 is 0 Å². The summed E-state index contributed by atoms with van der Waals surface area (Å²) in [6, 6.07) is 10.4. The molecule has 2 rings (SSSR count). The number of hydrazone groups is 1. The predicted molar refractivity (Wildman–Crippen MR) is 101 cm³/mol. The SMILES string of the molecule is COc1ccc(C(=O)NCC(=O)N/N=C\c2cccc([N+](=O)[O-])c2)cc1OC. The van der Waals surface area contributed by atoms with Gasteiger partial charge in [0.1, 0.15) is 0 Å². The van der Waals surface area contributed by atoms with E-state index in [4.69, 9.17) is 9.47 Å². The summed E-state index contributed by atoms with van der Waals surface area (Å²) in [5, 5.41) is 16.9. The maximum Gasteiger partial charge on any atom is 0.270 e. The molecule has 0 saturated heterocycles. The van der Waals surface area contributed by atoms with Gasteiger partial charge in [-0.25, -0.2) is 5.43 Å². The van der Waals surface area contributed by atoms with Gasteiger partial charge in [0.25, 0.3) is 17.5 Å². The highest BCUT2D eigenvalue weighted by Crippen LogP contribution is 2.27. The number of nitrogens with one attached hydrogen (secondary N) is 2. The van der Waals surface area contributed by atoms with Crippen LogP contribution < -0.4 is 20.2 Å². The van der Waals surface area contributed by atoms with E-state index in [1.54, 1.807) is 12.1 Å². The van der Waals surface area contributed by atoms with Gasteiger partial charge in [0, 0.05) is 23.3 Å². The molecule has 0 unspecified atom stereocenters. The van der Waals surface area contributed by atoms with Crippen LogP contribution in [0.2, 0.25) is 0 Å². The smallest absolute Gasteiger partial charge is 0.270 e. The van der Waals surface area contributed by atoms with E-state index < -0.39 is 16.7 Å². The minimum Gasteiger partial charge on any atom is -0.493 e. The summed E-state index contributed by atoms with van der Waals surface area (Å²) in [6.07, 6.45) is 1.26. The molecular formula is C18H18N4O6. The summed E-state index contributed by atoms with van der Waals surface area (Å²) in [5.41, 5.74) is 2.89. The van der Waals surface area contributed by atoms with E-state index in [9.17, 15) is 19.7 Å². The van der Waals surface area contributed by atoms with Crippen LogP contribution in [0.4, 0.5) is 5.69 Å². The van der Waals surface area contributed by atoms with Gasteiger partial charge in [0.2, 0.25) is 0 Å². The second-order valence-corrected chi connectivity index (χ2v) is 5.40. The average molecular weight is 386 g/mol. The van der Waals surface area contributed by atoms with Crippen molar-refractivity contribution in [2.75, 3.05) is 20.8 Å². The molecule has 0 spiro atoms. The Hall–Kier alpha value is -3.95. The van der Waals surface area contributed by atoms with Gasteiger partial charge in [-0.15, -0.1) is 0 Å². The number of methoxy groups -OCH3 is 2. The molecule has 10 heteroatoms. The summed E-state index contributed by atoms with van der Waals surface area (Å²) in [5.74, 6) is -0.164. The number of non-ortho nitro benzene ring substituents is 1. The third-order valence-electron chi connectivity index (χ3n) is 3.54. The van der Waals surface area contributed by atoms with Crippen molar-refractivity contribution < 1.29 is 24.0 Å². The number of nitrogens with zero attached hydrogens (tertiary/aromatic N) is 2. The Morgan fingerprint density at radius 3 is 2.57 bits per heavy atom. The largest absolute Gasteiger partial charge is 0.493 e. The highest BCUT2D eigenvalue weighted by atomic mass is 16.6. The van der Waals surface area contributed by atoms with Crippen molar-refractivity contribution in [2.45, 2.75) is 0 Å². The van der Waals surface area contributed by atoms with Crippen LogP contribution in [0, 0.1) is 10.1 Å². The van der Waals surface area contributed by atoms with Crippen LogP contribution in [0.15, 0.2) is 47.6 Å². The number of benzene rings is 2. The quantitative estimate of drug-likeness (QED) is 0.401. The molecule has 28 heavy (non-hydrogen) atoms. The molecule has 0 aliphatic carbocycles. The average Bonchev–Trinajstić information content (AvgIpc) is 2.71. The second kappa shape index (κ2) is 9.67. The van der Waals surface area contributed by atoms with Crippen LogP contribution in [-0.2, 0) is 4.79 Å². The van der Waals surface area contributed by atoms with Crippen LogP contribution in [-0.4, -0.2) is 43.7 Å².